The Labute approximate surface area is 178 Å². The van der Waals surface area contributed by atoms with Crippen LogP contribution in [0.15, 0.2) is 73.1 Å². The van der Waals surface area contributed by atoms with Crippen LogP contribution in [0.1, 0.15) is 17.5 Å². The number of aromatic amines is 1. The molecule has 0 aliphatic heterocycles. The Bertz CT molecular complexity index is 1400. The Balaban J connectivity index is 1.28. The van der Waals surface area contributed by atoms with Crippen molar-refractivity contribution in [3.8, 4) is 11.4 Å². The molecule has 1 aliphatic rings. The lowest BCUT2D eigenvalue weighted by Crippen LogP contribution is -2.28. The third-order valence-corrected chi connectivity index (χ3v) is 6.15. The molecular weight excluding hydrogens is 386 g/mol. The fourth-order valence-corrected chi connectivity index (χ4v) is 4.50. The van der Waals surface area contributed by atoms with Crippen molar-refractivity contribution < 1.29 is 4.79 Å². The Morgan fingerprint density at radius 3 is 2.84 bits per heavy atom. The lowest BCUT2D eigenvalue weighted by molar-refractivity contribution is -0.120. The number of hydrogen-bond acceptors (Lipinski definition) is 3. The van der Waals surface area contributed by atoms with E-state index in [1.54, 1.807) is 0 Å². The number of hydrogen-bond donors (Lipinski definition) is 2. The van der Waals surface area contributed by atoms with E-state index in [-0.39, 0.29) is 11.8 Å². The molecule has 1 aliphatic carbocycles. The van der Waals surface area contributed by atoms with E-state index >= 15 is 0 Å². The monoisotopic (exact) mass is 407 g/mol. The largest absolute Gasteiger partial charge is 0.326 e. The van der Waals surface area contributed by atoms with Crippen LogP contribution in [0.4, 0.5) is 5.69 Å². The molecule has 6 heteroatoms. The first-order valence-electron chi connectivity index (χ1n) is 10.5. The zero-order chi connectivity index (χ0) is 20.8. The Kier molecular flexibility index (Phi) is 4.09. The molecular formula is C25H21N5O. The third kappa shape index (κ3) is 3.17. The van der Waals surface area contributed by atoms with E-state index in [0.29, 0.717) is 0 Å². The van der Waals surface area contributed by atoms with Crippen molar-refractivity contribution in [2.75, 3.05) is 5.32 Å². The minimum Gasteiger partial charge on any atom is -0.326 e. The molecule has 0 bridgehead atoms. The number of aromatic nitrogens is 4. The molecule has 0 saturated heterocycles. The van der Waals surface area contributed by atoms with Crippen molar-refractivity contribution >= 4 is 28.1 Å². The van der Waals surface area contributed by atoms with Gasteiger partial charge in [-0.05, 0) is 60.7 Å². The average Bonchev–Trinajstić information content (AvgIpc) is 3.42. The molecule has 6 rings (SSSR count). The minimum atomic E-state index is -0.00661. The van der Waals surface area contributed by atoms with Gasteiger partial charge in [-0.15, -0.1) is 0 Å². The zero-order valence-corrected chi connectivity index (χ0v) is 16.9. The molecule has 152 valence electrons. The van der Waals surface area contributed by atoms with Gasteiger partial charge in [0.15, 0.2) is 0 Å². The van der Waals surface area contributed by atoms with Gasteiger partial charge in [-0.1, -0.05) is 30.3 Å². The quantitative estimate of drug-likeness (QED) is 0.458. The highest BCUT2D eigenvalue weighted by Gasteiger charge is 2.24. The molecule has 1 amide bonds. The number of imidazole rings is 1. The van der Waals surface area contributed by atoms with Crippen LogP contribution in [-0.4, -0.2) is 25.5 Å². The van der Waals surface area contributed by atoms with Gasteiger partial charge in [-0.2, -0.15) is 5.10 Å². The highest BCUT2D eigenvalue weighted by atomic mass is 16.1. The third-order valence-electron chi connectivity index (χ3n) is 6.15. The van der Waals surface area contributed by atoms with Crippen LogP contribution in [0, 0.1) is 5.92 Å². The Morgan fingerprint density at radius 2 is 1.94 bits per heavy atom. The summed E-state index contributed by atoms with van der Waals surface area (Å²) < 4.78 is 1.97. The molecule has 6 nitrogen and oxygen atoms in total. The number of nitrogens with one attached hydrogen (secondary N) is 2. The summed E-state index contributed by atoms with van der Waals surface area (Å²) >= 11 is 0. The van der Waals surface area contributed by atoms with Gasteiger partial charge in [-0.25, -0.2) is 4.98 Å². The first-order chi connectivity index (χ1) is 15.2. The molecule has 0 spiro atoms. The number of H-pyrrole nitrogens is 1. The first-order valence-corrected chi connectivity index (χ1v) is 10.5. The number of carbonyl (C=O) groups is 1. The predicted octanol–water partition coefficient (Wildman–Crippen LogP) is 4.62. The summed E-state index contributed by atoms with van der Waals surface area (Å²) in [4.78, 5) is 17.7. The van der Waals surface area contributed by atoms with E-state index in [0.717, 1.165) is 52.9 Å². The number of rotatable bonds is 3. The van der Waals surface area contributed by atoms with Crippen molar-refractivity contribution in [2.45, 2.75) is 19.3 Å². The van der Waals surface area contributed by atoms with Crippen molar-refractivity contribution in [1.82, 2.24) is 19.6 Å². The van der Waals surface area contributed by atoms with E-state index in [4.69, 9.17) is 0 Å². The minimum absolute atomic E-state index is 0.00661. The van der Waals surface area contributed by atoms with E-state index in [2.05, 4.69) is 38.7 Å². The maximum Gasteiger partial charge on any atom is 0.227 e. The SMILES string of the molecule is O=C(Nc1ccc2[nH]nc(-c3cn4ccccc4n3)c2c1)C1CCc2ccccc2C1. The lowest BCUT2D eigenvalue weighted by Gasteiger charge is -2.23. The van der Waals surface area contributed by atoms with Gasteiger partial charge in [0.1, 0.15) is 17.0 Å². The Hall–Kier alpha value is -3.93. The average molecular weight is 407 g/mol. The van der Waals surface area contributed by atoms with E-state index < -0.39 is 0 Å². The van der Waals surface area contributed by atoms with E-state index in [1.807, 2.05) is 59.3 Å². The van der Waals surface area contributed by atoms with Crippen molar-refractivity contribution in [1.29, 1.82) is 0 Å². The van der Waals surface area contributed by atoms with Crippen LogP contribution in [0.3, 0.4) is 0 Å². The number of pyridine rings is 1. The van der Waals surface area contributed by atoms with Crippen LogP contribution < -0.4 is 5.32 Å². The second-order valence-corrected chi connectivity index (χ2v) is 8.12. The molecule has 1 unspecified atom stereocenters. The second-order valence-electron chi connectivity index (χ2n) is 8.12. The molecule has 2 aromatic carbocycles. The molecule has 0 radical (unpaired) electrons. The standard InChI is InChI=1S/C25H21N5O/c31-25(18-9-8-16-5-1-2-6-17(16)13-18)26-19-10-11-21-20(14-19)24(29-28-21)22-15-30-12-4-3-7-23(30)27-22/h1-7,10-12,14-15,18H,8-9,13H2,(H,26,31)(H,28,29). The fourth-order valence-electron chi connectivity index (χ4n) is 4.50. The maximum absolute atomic E-state index is 13.0. The van der Waals surface area contributed by atoms with Gasteiger partial charge in [0.05, 0.1) is 5.52 Å². The van der Waals surface area contributed by atoms with Crippen LogP contribution in [0.2, 0.25) is 0 Å². The van der Waals surface area contributed by atoms with Gasteiger partial charge in [0, 0.05) is 29.4 Å². The van der Waals surface area contributed by atoms with Gasteiger partial charge < -0.3 is 9.72 Å². The zero-order valence-electron chi connectivity index (χ0n) is 16.9. The van der Waals surface area contributed by atoms with Crippen molar-refractivity contribution in [3.05, 3.63) is 84.2 Å². The molecule has 31 heavy (non-hydrogen) atoms. The summed E-state index contributed by atoms with van der Waals surface area (Å²) in [6.45, 7) is 0. The molecule has 3 heterocycles. The molecule has 1 atom stereocenters. The van der Waals surface area contributed by atoms with Gasteiger partial charge in [0.2, 0.25) is 5.91 Å². The first kappa shape index (κ1) is 17.9. The number of fused-ring (bicyclic) bond motifs is 3. The summed E-state index contributed by atoms with van der Waals surface area (Å²) in [7, 11) is 0. The topological polar surface area (TPSA) is 75.1 Å². The number of aryl methyl sites for hydroxylation is 1. The molecule has 3 aromatic heterocycles. The van der Waals surface area contributed by atoms with Crippen molar-refractivity contribution in [2.24, 2.45) is 5.92 Å². The van der Waals surface area contributed by atoms with Crippen LogP contribution >= 0.6 is 0 Å². The number of anilines is 1. The molecule has 0 fully saturated rings. The highest BCUT2D eigenvalue weighted by molar-refractivity contribution is 5.98. The number of benzene rings is 2. The Morgan fingerprint density at radius 1 is 1.06 bits per heavy atom. The molecule has 0 saturated carbocycles. The molecule has 5 aromatic rings. The van der Waals surface area contributed by atoms with Gasteiger partial charge in [-0.3, -0.25) is 9.89 Å². The van der Waals surface area contributed by atoms with Crippen LogP contribution in [-0.2, 0) is 17.6 Å². The summed E-state index contributed by atoms with van der Waals surface area (Å²) in [6, 6.07) is 20.2. The van der Waals surface area contributed by atoms with Crippen molar-refractivity contribution in [3.63, 3.8) is 0 Å². The number of nitrogens with zero attached hydrogens (tertiary/aromatic N) is 3. The summed E-state index contributed by atoms with van der Waals surface area (Å²) in [5.74, 6) is 0.0690. The highest BCUT2D eigenvalue weighted by Crippen LogP contribution is 2.30. The predicted molar refractivity (Wildman–Crippen MR) is 121 cm³/mol. The van der Waals surface area contributed by atoms with E-state index in [1.165, 1.54) is 11.1 Å². The fraction of sp³-hybridized carbons (Fsp3) is 0.160. The lowest BCUT2D eigenvalue weighted by atomic mass is 9.83. The maximum atomic E-state index is 13.0. The van der Waals surface area contributed by atoms with E-state index in [9.17, 15) is 4.79 Å². The van der Waals surface area contributed by atoms with Gasteiger partial charge in [0.25, 0.3) is 0 Å². The second kappa shape index (κ2) is 7.09. The number of amides is 1. The summed E-state index contributed by atoms with van der Waals surface area (Å²) in [6.07, 6.45) is 6.56. The van der Waals surface area contributed by atoms with Crippen LogP contribution in [0.5, 0.6) is 0 Å². The summed E-state index contributed by atoms with van der Waals surface area (Å²) in [5.41, 5.74) is 6.79. The van der Waals surface area contributed by atoms with Gasteiger partial charge >= 0.3 is 0 Å². The normalized spacial score (nSPS) is 15.8. The summed E-state index contributed by atoms with van der Waals surface area (Å²) in [5, 5.41) is 11.6. The van der Waals surface area contributed by atoms with Crippen LogP contribution in [0.25, 0.3) is 27.9 Å². The smallest absolute Gasteiger partial charge is 0.227 e. The molecule has 2 N–H and O–H groups in total. The number of carbonyl (C=O) groups excluding carboxylic acids is 1.